The summed E-state index contributed by atoms with van der Waals surface area (Å²) < 4.78 is 0. The van der Waals surface area contributed by atoms with Crippen LogP contribution in [0.1, 0.15) is 35.8 Å². The first-order valence-corrected chi connectivity index (χ1v) is 8.90. The van der Waals surface area contributed by atoms with E-state index in [-0.39, 0.29) is 29.9 Å². The molecule has 1 amide bonds. The molecule has 1 heterocycles. The molecule has 3 nitrogen and oxygen atoms in total. The molecule has 0 unspecified atom stereocenters. The van der Waals surface area contributed by atoms with E-state index < -0.39 is 0 Å². The van der Waals surface area contributed by atoms with Gasteiger partial charge in [0.25, 0.3) is 0 Å². The molecular formula is C19H23NO2S. The Kier molecular flexibility index (Phi) is 4.55. The lowest BCUT2D eigenvalue weighted by Gasteiger charge is -2.28. The molecule has 1 aromatic heterocycles. The van der Waals surface area contributed by atoms with Crippen molar-refractivity contribution in [1.29, 1.82) is 0 Å². The monoisotopic (exact) mass is 329 g/mol. The number of amides is 1. The lowest BCUT2D eigenvalue weighted by molar-refractivity contribution is -0.125. The molecule has 1 aliphatic carbocycles. The maximum Gasteiger partial charge on any atom is 0.229 e. The fraction of sp³-hybridized carbons (Fsp3) is 0.421. The molecule has 0 saturated heterocycles. The third-order valence-corrected chi connectivity index (χ3v) is 5.65. The maximum atomic E-state index is 12.9. The number of aliphatic hydroxyl groups is 1. The second kappa shape index (κ2) is 6.46. The first-order chi connectivity index (χ1) is 11.0. The van der Waals surface area contributed by atoms with E-state index in [9.17, 15) is 9.90 Å². The van der Waals surface area contributed by atoms with Crippen LogP contribution in [0.2, 0.25) is 0 Å². The summed E-state index contributed by atoms with van der Waals surface area (Å²) in [6, 6.07) is 11.8. The number of hydrogen-bond donors (Lipinski definition) is 2. The van der Waals surface area contributed by atoms with Crippen LogP contribution in [0.15, 0.2) is 41.8 Å². The first-order valence-electron chi connectivity index (χ1n) is 8.02. The van der Waals surface area contributed by atoms with Gasteiger partial charge < -0.3 is 10.4 Å². The molecule has 3 rings (SSSR count). The average Bonchev–Trinajstić information content (AvgIpc) is 3.03. The highest BCUT2D eigenvalue weighted by atomic mass is 32.1. The topological polar surface area (TPSA) is 49.3 Å². The molecule has 0 fully saturated rings. The van der Waals surface area contributed by atoms with Crippen molar-refractivity contribution in [3.63, 3.8) is 0 Å². The molecule has 4 heteroatoms. The molecule has 1 aromatic carbocycles. The molecule has 0 bridgehead atoms. The summed E-state index contributed by atoms with van der Waals surface area (Å²) in [5.74, 6) is -0.0893. The molecule has 0 spiro atoms. The zero-order valence-electron chi connectivity index (χ0n) is 13.6. The van der Waals surface area contributed by atoms with Gasteiger partial charge in [-0.25, -0.2) is 0 Å². The quantitative estimate of drug-likeness (QED) is 0.885. The van der Waals surface area contributed by atoms with E-state index in [1.165, 1.54) is 10.4 Å². The summed E-state index contributed by atoms with van der Waals surface area (Å²) in [6.07, 6.45) is 1.58. The Balaban J connectivity index is 1.72. The zero-order chi connectivity index (χ0) is 16.4. The maximum absolute atomic E-state index is 12.9. The van der Waals surface area contributed by atoms with Gasteiger partial charge in [0.1, 0.15) is 0 Å². The third-order valence-electron chi connectivity index (χ3n) is 4.62. The van der Waals surface area contributed by atoms with Gasteiger partial charge in [0.2, 0.25) is 5.91 Å². The number of rotatable bonds is 5. The lowest BCUT2D eigenvalue weighted by Crippen LogP contribution is -2.44. The highest BCUT2D eigenvalue weighted by molar-refractivity contribution is 7.10. The van der Waals surface area contributed by atoms with Crippen LogP contribution < -0.4 is 5.32 Å². The molecule has 23 heavy (non-hydrogen) atoms. The highest BCUT2D eigenvalue weighted by Crippen LogP contribution is 2.49. The number of carbonyl (C=O) groups excluding carboxylic acids is 1. The van der Waals surface area contributed by atoms with E-state index in [1.807, 2.05) is 30.3 Å². The van der Waals surface area contributed by atoms with Crippen LogP contribution >= 0.6 is 11.3 Å². The van der Waals surface area contributed by atoms with Crippen LogP contribution in [0.3, 0.4) is 0 Å². The highest BCUT2D eigenvalue weighted by Gasteiger charge is 2.44. The predicted molar refractivity (Wildman–Crippen MR) is 93.7 cm³/mol. The Morgan fingerprint density at radius 2 is 2.09 bits per heavy atom. The van der Waals surface area contributed by atoms with Crippen LogP contribution in [0, 0.1) is 5.41 Å². The minimum atomic E-state index is -0.246. The van der Waals surface area contributed by atoms with Gasteiger partial charge in [-0.1, -0.05) is 44.2 Å². The molecular weight excluding hydrogens is 306 g/mol. The van der Waals surface area contributed by atoms with Crippen LogP contribution in [0.5, 0.6) is 0 Å². The van der Waals surface area contributed by atoms with Crippen molar-refractivity contribution in [3.8, 4) is 0 Å². The van der Waals surface area contributed by atoms with Crippen molar-refractivity contribution in [2.75, 3.05) is 6.61 Å². The van der Waals surface area contributed by atoms with Crippen LogP contribution in [-0.2, 0) is 17.6 Å². The van der Waals surface area contributed by atoms with Crippen molar-refractivity contribution < 1.29 is 9.90 Å². The Morgan fingerprint density at radius 3 is 2.78 bits per heavy atom. The van der Waals surface area contributed by atoms with Gasteiger partial charge in [0.15, 0.2) is 0 Å². The number of nitrogens with one attached hydrogen (secondary N) is 1. The fourth-order valence-electron chi connectivity index (χ4n) is 3.51. The molecule has 2 N–H and O–H groups in total. The van der Waals surface area contributed by atoms with Crippen molar-refractivity contribution in [2.45, 2.75) is 38.6 Å². The second-order valence-electron chi connectivity index (χ2n) is 6.99. The molecule has 1 aliphatic rings. The van der Waals surface area contributed by atoms with E-state index in [0.29, 0.717) is 6.42 Å². The molecule has 2 aromatic rings. The van der Waals surface area contributed by atoms with Gasteiger partial charge in [0, 0.05) is 4.88 Å². The summed E-state index contributed by atoms with van der Waals surface area (Å²) >= 11 is 1.67. The van der Waals surface area contributed by atoms with Crippen LogP contribution in [0.25, 0.3) is 0 Å². The smallest absolute Gasteiger partial charge is 0.229 e. The minimum absolute atomic E-state index is 0.0335. The normalized spacial score (nSPS) is 20.0. The van der Waals surface area contributed by atoms with Gasteiger partial charge in [-0.3, -0.25) is 4.79 Å². The average molecular weight is 329 g/mol. The summed E-state index contributed by atoms with van der Waals surface area (Å²) in [5, 5.41) is 14.8. The molecule has 0 saturated carbocycles. The molecule has 2 atom stereocenters. The van der Waals surface area contributed by atoms with Gasteiger partial charge in [-0.05, 0) is 40.8 Å². The standard InChI is InChI=1S/C19H23NO2S/c1-19(2)11-14-8-9-23-17(14)16(19)18(22)20-15(12-21)10-13-6-4-3-5-7-13/h3-9,15-16,21H,10-12H2,1-2H3,(H,20,22)/t15-,16-/m0/s1. The Hall–Kier alpha value is -1.65. The van der Waals surface area contributed by atoms with Crippen molar-refractivity contribution in [3.05, 3.63) is 57.8 Å². The van der Waals surface area contributed by atoms with Crippen LogP contribution in [0.4, 0.5) is 0 Å². The SMILES string of the molecule is CC1(C)Cc2ccsc2[C@H]1C(=O)N[C@H](CO)Cc1ccccc1. The van der Waals surface area contributed by atoms with E-state index in [0.717, 1.165) is 12.0 Å². The molecule has 0 aliphatic heterocycles. The van der Waals surface area contributed by atoms with Crippen LogP contribution in [-0.4, -0.2) is 23.7 Å². The number of carbonyl (C=O) groups is 1. The summed E-state index contributed by atoms with van der Waals surface area (Å²) in [7, 11) is 0. The number of fused-ring (bicyclic) bond motifs is 1. The van der Waals surface area contributed by atoms with Crippen molar-refractivity contribution in [2.24, 2.45) is 5.41 Å². The van der Waals surface area contributed by atoms with Crippen molar-refractivity contribution >= 4 is 17.2 Å². The van der Waals surface area contributed by atoms with E-state index in [2.05, 4.69) is 30.6 Å². The van der Waals surface area contributed by atoms with Gasteiger partial charge in [-0.15, -0.1) is 11.3 Å². The summed E-state index contributed by atoms with van der Waals surface area (Å²) in [4.78, 5) is 14.0. The minimum Gasteiger partial charge on any atom is -0.394 e. The fourth-order valence-corrected chi connectivity index (χ4v) is 4.75. The summed E-state index contributed by atoms with van der Waals surface area (Å²) in [5.41, 5.74) is 2.34. The van der Waals surface area contributed by atoms with Crippen molar-refractivity contribution in [1.82, 2.24) is 5.32 Å². The number of thiophene rings is 1. The van der Waals surface area contributed by atoms with E-state index >= 15 is 0 Å². The zero-order valence-corrected chi connectivity index (χ0v) is 14.4. The first kappa shape index (κ1) is 16.2. The lowest BCUT2D eigenvalue weighted by atomic mass is 9.80. The Morgan fingerprint density at radius 1 is 1.35 bits per heavy atom. The third kappa shape index (κ3) is 3.33. The van der Waals surface area contributed by atoms with E-state index in [4.69, 9.17) is 0 Å². The predicted octanol–water partition coefficient (Wildman–Crippen LogP) is 3.13. The number of aliphatic hydroxyl groups excluding tert-OH is 1. The van der Waals surface area contributed by atoms with E-state index in [1.54, 1.807) is 11.3 Å². The molecule has 122 valence electrons. The van der Waals surface area contributed by atoms with Gasteiger partial charge in [0.05, 0.1) is 18.6 Å². The Bertz CT molecular complexity index is 678. The Labute approximate surface area is 141 Å². The molecule has 0 radical (unpaired) electrons. The number of benzene rings is 1. The largest absolute Gasteiger partial charge is 0.394 e. The van der Waals surface area contributed by atoms with Gasteiger partial charge in [-0.2, -0.15) is 0 Å². The number of hydrogen-bond acceptors (Lipinski definition) is 3. The second-order valence-corrected chi connectivity index (χ2v) is 7.93. The summed E-state index contributed by atoms with van der Waals surface area (Å²) in [6.45, 7) is 4.25. The van der Waals surface area contributed by atoms with Gasteiger partial charge >= 0.3 is 0 Å².